The number of hydrogen-bond donors (Lipinski definition) is 1. The highest BCUT2D eigenvalue weighted by molar-refractivity contribution is 5.79. The molecule has 0 aromatic heterocycles. The maximum absolute atomic E-state index is 11.1. The molecule has 1 rings (SSSR count). The molecule has 0 aromatic carbocycles. The fourth-order valence-electron chi connectivity index (χ4n) is 1.49. The first-order valence-electron chi connectivity index (χ1n) is 4.71. The summed E-state index contributed by atoms with van der Waals surface area (Å²) in [6, 6.07) is 0.0634. The molecule has 1 atom stereocenters. The lowest BCUT2D eigenvalue weighted by Crippen LogP contribution is -2.51. The quantitative estimate of drug-likeness (QED) is 0.616. The van der Waals surface area contributed by atoms with E-state index in [4.69, 9.17) is 0 Å². The molecule has 0 bridgehead atoms. The van der Waals surface area contributed by atoms with Crippen LogP contribution in [0.2, 0.25) is 0 Å². The molecule has 0 aromatic rings. The van der Waals surface area contributed by atoms with E-state index in [1.165, 1.54) is 7.11 Å². The number of nitrogens with zero attached hydrogens (tertiary/aromatic N) is 1. The highest BCUT2D eigenvalue weighted by atomic mass is 16.5. The van der Waals surface area contributed by atoms with Crippen molar-refractivity contribution in [1.29, 1.82) is 0 Å². The Kier molecular flexibility index (Phi) is 3.88. The molecule has 1 heterocycles. The third kappa shape index (κ3) is 2.99. The second-order valence-electron chi connectivity index (χ2n) is 3.45. The van der Waals surface area contributed by atoms with Crippen molar-refractivity contribution >= 4 is 11.9 Å². The minimum absolute atomic E-state index is 0.0213. The van der Waals surface area contributed by atoms with Gasteiger partial charge < -0.3 is 10.1 Å². The van der Waals surface area contributed by atoms with Gasteiger partial charge in [0.15, 0.2) is 0 Å². The van der Waals surface area contributed by atoms with Crippen molar-refractivity contribution in [3.8, 4) is 0 Å². The van der Waals surface area contributed by atoms with E-state index in [0.717, 1.165) is 6.54 Å². The lowest BCUT2D eigenvalue weighted by atomic mass is 10.2. The van der Waals surface area contributed by atoms with Gasteiger partial charge in [-0.25, -0.2) is 0 Å². The summed E-state index contributed by atoms with van der Waals surface area (Å²) in [6.07, 6.45) is 0.337. The zero-order chi connectivity index (χ0) is 10.6. The summed E-state index contributed by atoms with van der Waals surface area (Å²) in [7, 11) is 1.37. The molecule has 0 radical (unpaired) electrons. The molecule has 5 nitrogen and oxygen atoms in total. The molecule has 5 heteroatoms. The molecule has 0 aliphatic carbocycles. The molecule has 1 saturated heterocycles. The smallest absolute Gasteiger partial charge is 0.307 e. The summed E-state index contributed by atoms with van der Waals surface area (Å²) in [6.45, 7) is 3.75. The van der Waals surface area contributed by atoms with Gasteiger partial charge in [-0.15, -0.1) is 0 Å². The Bertz CT molecular complexity index is 230. The van der Waals surface area contributed by atoms with Crippen LogP contribution in [0.15, 0.2) is 0 Å². The van der Waals surface area contributed by atoms with Crippen molar-refractivity contribution in [2.45, 2.75) is 19.4 Å². The van der Waals surface area contributed by atoms with E-state index in [9.17, 15) is 9.59 Å². The molecule has 1 aliphatic heterocycles. The van der Waals surface area contributed by atoms with Crippen molar-refractivity contribution in [1.82, 2.24) is 10.2 Å². The van der Waals surface area contributed by atoms with Gasteiger partial charge in [0, 0.05) is 19.1 Å². The van der Waals surface area contributed by atoms with Crippen LogP contribution in [-0.4, -0.2) is 49.6 Å². The number of esters is 1. The van der Waals surface area contributed by atoms with Crippen molar-refractivity contribution in [3.05, 3.63) is 0 Å². The number of rotatable bonds is 3. The summed E-state index contributed by atoms with van der Waals surface area (Å²) in [4.78, 5) is 24.0. The molecule has 1 unspecified atom stereocenters. The Morgan fingerprint density at radius 2 is 2.43 bits per heavy atom. The molecule has 1 aliphatic rings. The Balaban J connectivity index is 2.39. The van der Waals surface area contributed by atoms with E-state index in [0.29, 0.717) is 19.5 Å². The third-order valence-electron chi connectivity index (χ3n) is 2.38. The van der Waals surface area contributed by atoms with Gasteiger partial charge in [0.25, 0.3) is 0 Å². The summed E-state index contributed by atoms with van der Waals surface area (Å²) >= 11 is 0. The first-order valence-corrected chi connectivity index (χ1v) is 4.71. The standard InChI is InChI=1S/C9H16N2O3/c1-7(5-9(13)14-2)11-4-3-10-8(12)6-11/h7H,3-6H2,1-2H3,(H,10,12). The number of hydrogen-bond acceptors (Lipinski definition) is 4. The SMILES string of the molecule is COC(=O)CC(C)N1CCNC(=O)C1. The van der Waals surface area contributed by atoms with Gasteiger partial charge in [0.05, 0.1) is 20.1 Å². The molecule has 0 saturated carbocycles. The van der Waals surface area contributed by atoms with Gasteiger partial charge in [0.1, 0.15) is 0 Å². The van der Waals surface area contributed by atoms with Gasteiger partial charge in [0.2, 0.25) is 5.91 Å². The molecule has 1 fully saturated rings. The van der Waals surface area contributed by atoms with Crippen LogP contribution in [0.5, 0.6) is 0 Å². The molecule has 1 amide bonds. The normalized spacial score (nSPS) is 20.0. The largest absolute Gasteiger partial charge is 0.469 e. The number of piperazine rings is 1. The second-order valence-corrected chi connectivity index (χ2v) is 3.45. The van der Waals surface area contributed by atoms with E-state index in [2.05, 4.69) is 10.1 Å². The number of amides is 1. The van der Waals surface area contributed by atoms with Gasteiger partial charge in [-0.05, 0) is 6.92 Å². The Morgan fingerprint density at radius 3 is 3.00 bits per heavy atom. The zero-order valence-electron chi connectivity index (χ0n) is 8.58. The number of carbonyl (C=O) groups is 2. The number of carbonyl (C=O) groups excluding carboxylic acids is 2. The minimum Gasteiger partial charge on any atom is -0.469 e. The van der Waals surface area contributed by atoms with Crippen molar-refractivity contribution < 1.29 is 14.3 Å². The summed E-state index contributed by atoms with van der Waals surface area (Å²) in [5.41, 5.74) is 0. The maximum Gasteiger partial charge on any atom is 0.307 e. The molecule has 14 heavy (non-hydrogen) atoms. The highest BCUT2D eigenvalue weighted by Gasteiger charge is 2.22. The van der Waals surface area contributed by atoms with Crippen LogP contribution in [0, 0.1) is 0 Å². The van der Waals surface area contributed by atoms with Crippen LogP contribution in [0.4, 0.5) is 0 Å². The van der Waals surface area contributed by atoms with Crippen LogP contribution in [0.1, 0.15) is 13.3 Å². The second kappa shape index (κ2) is 4.95. The average molecular weight is 200 g/mol. The monoisotopic (exact) mass is 200 g/mol. The van der Waals surface area contributed by atoms with E-state index in [1.807, 2.05) is 11.8 Å². The Morgan fingerprint density at radius 1 is 1.71 bits per heavy atom. The topological polar surface area (TPSA) is 58.6 Å². The predicted octanol–water partition coefficient (Wildman–Crippen LogP) is -0.630. The summed E-state index contributed by atoms with van der Waals surface area (Å²) < 4.78 is 4.57. The van der Waals surface area contributed by atoms with Gasteiger partial charge in [-0.1, -0.05) is 0 Å². The van der Waals surface area contributed by atoms with E-state index in [1.54, 1.807) is 0 Å². The molecular weight excluding hydrogens is 184 g/mol. The number of ether oxygens (including phenoxy) is 1. The van der Waals surface area contributed by atoms with Crippen molar-refractivity contribution in [2.75, 3.05) is 26.7 Å². The van der Waals surface area contributed by atoms with E-state index >= 15 is 0 Å². The van der Waals surface area contributed by atoms with Crippen LogP contribution in [0.25, 0.3) is 0 Å². The average Bonchev–Trinajstić information content (AvgIpc) is 2.17. The molecular formula is C9H16N2O3. The van der Waals surface area contributed by atoms with E-state index in [-0.39, 0.29) is 17.9 Å². The van der Waals surface area contributed by atoms with Crippen LogP contribution in [-0.2, 0) is 14.3 Å². The number of nitrogens with one attached hydrogen (secondary N) is 1. The first-order chi connectivity index (χ1) is 6.63. The van der Waals surface area contributed by atoms with Crippen LogP contribution in [0.3, 0.4) is 0 Å². The van der Waals surface area contributed by atoms with E-state index < -0.39 is 0 Å². The van der Waals surface area contributed by atoms with Gasteiger partial charge in [-0.2, -0.15) is 0 Å². The Labute approximate surface area is 83.4 Å². The van der Waals surface area contributed by atoms with Gasteiger partial charge in [-0.3, -0.25) is 14.5 Å². The van der Waals surface area contributed by atoms with Gasteiger partial charge >= 0.3 is 5.97 Å². The fourth-order valence-corrected chi connectivity index (χ4v) is 1.49. The summed E-state index contributed by atoms with van der Waals surface area (Å²) in [5.74, 6) is -0.212. The molecule has 1 N–H and O–H groups in total. The zero-order valence-corrected chi connectivity index (χ0v) is 8.58. The molecule has 0 spiro atoms. The molecule has 80 valence electrons. The minimum atomic E-state index is -0.233. The Hall–Kier alpha value is -1.10. The first kappa shape index (κ1) is 11.0. The fraction of sp³-hybridized carbons (Fsp3) is 0.778. The van der Waals surface area contributed by atoms with Crippen LogP contribution >= 0.6 is 0 Å². The van der Waals surface area contributed by atoms with Crippen LogP contribution < -0.4 is 5.32 Å². The third-order valence-corrected chi connectivity index (χ3v) is 2.38. The maximum atomic E-state index is 11.1. The predicted molar refractivity (Wildman–Crippen MR) is 50.7 cm³/mol. The highest BCUT2D eigenvalue weighted by Crippen LogP contribution is 2.06. The number of methoxy groups -OCH3 is 1. The van der Waals surface area contributed by atoms with Crippen molar-refractivity contribution in [2.24, 2.45) is 0 Å². The lowest BCUT2D eigenvalue weighted by Gasteiger charge is -2.31. The van der Waals surface area contributed by atoms with Crippen molar-refractivity contribution in [3.63, 3.8) is 0 Å². The lowest BCUT2D eigenvalue weighted by molar-refractivity contribution is -0.142. The summed E-state index contributed by atoms with van der Waals surface area (Å²) in [5, 5.41) is 2.74.